The molecule has 0 radical (unpaired) electrons. The Bertz CT molecular complexity index is 1120. The first-order chi connectivity index (χ1) is 15.7. The minimum absolute atomic E-state index is 0.0185. The van der Waals surface area contributed by atoms with Gasteiger partial charge in [0.1, 0.15) is 16.5 Å². The first-order valence-corrected chi connectivity index (χ1v) is 13.1. The van der Waals surface area contributed by atoms with Crippen LogP contribution in [0.5, 0.6) is 5.75 Å². The minimum atomic E-state index is -3.90. The molecular formula is C23H27FN2O5S2. The third kappa shape index (κ3) is 6.27. The van der Waals surface area contributed by atoms with Gasteiger partial charge in [-0.1, -0.05) is 26.7 Å². The largest absolute Gasteiger partial charge is 0.478 e. The molecule has 1 aliphatic heterocycles. The molecule has 33 heavy (non-hydrogen) atoms. The smallest absolute Gasteiger partial charge is 0.331 e. The van der Waals surface area contributed by atoms with Crippen molar-refractivity contribution >= 4 is 39.1 Å². The van der Waals surface area contributed by atoms with Gasteiger partial charge in [-0.15, -0.1) is 11.8 Å². The van der Waals surface area contributed by atoms with E-state index >= 15 is 0 Å². The summed E-state index contributed by atoms with van der Waals surface area (Å²) in [5.74, 6) is -0.615. The molecule has 2 aromatic rings. The maximum absolute atomic E-state index is 13.6. The Morgan fingerprint density at radius 1 is 1.30 bits per heavy atom. The normalized spacial score (nSPS) is 17.5. The maximum atomic E-state index is 13.6. The van der Waals surface area contributed by atoms with Gasteiger partial charge < -0.3 is 14.7 Å². The lowest BCUT2D eigenvalue weighted by atomic mass is 10.1. The van der Waals surface area contributed by atoms with E-state index in [1.165, 1.54) is 30.0 Å². The minimum Gasteiger partial charge on any atom is -0.478 e. The fraction of sp³-hybridized carbons (Fsp3) is 0.348. The Morgan fingerprint density at radius 3 is 2.67 bits per heavy atom. The molecule has 2 aromatic carbocycles. The second-order valence-electron chi connectivity index (χ2n) is 7.51. The van der Waals surface area contributed by atoms with Crippen molar-refractivity contribution in [3.8, 4) is 5.75 Å². The Kier molecular flexibility index (Phi) is 8.39. The van der Waals surface area contributed by atoms with Crippen LogP contribution in [0.3, 0.4) is 0 Å². The standard InChI is InChI=1S/C23H27FN2O5S2/c1-3-5-6-17-15-26(18-9-7-16(24)8-10-18)19-13-21(32-4-2)20(31-12-11-23(27)28)14-22(19)33(29,30)25-17/h7-14,17,25H,3-6,15H2,1-2H3,(H,27,28). The van der Waals surface area contributed by atoms with Crippen LogP contribution in [0.2, 0.25) is 0 Å². The summed E-state index contributed by atoms with van der Waals surface area (Å²) in [4.78, 5) is 13.4. The van der Waals surface area contributed by atoms with E-state index < -0.39 is 16.0 Å². The number of hydrogen-bond donors (Lipinski definition) is 2. The molecule has 0 aromatic heterocycles. The van der Waals surface area contributed by atoms with Crippen LogP contribution in [0.15, 0.2) is 58.5 Å². The zero-order valence-corrected chi connectivity index (χ0v) is 20.1. The molecule has 1 aliphatic rings. The van der Waals surface area contributed by atoms with Crippen LogP contribution in [0.4, 0.5) is 15.8 Å². The van der Waals surface area contributed by atoms with Gasteiger partial charge in [0.15, 0.2) is 0 Å². The predicted octanol–water partition coefficient (Wildman–Crippen LogP) is 4.90. The number of benzene rings is 2. The molecule has 0 spiro atoms. The number of anilines is 2. The number of carboxylic acid groups (broad SMARTS) is 1. The predicted molar refractivity (Wildman–Crippen MR) is 127 cm³/mol. The van der Waals surface area contributed by atoms with Crippen LogP contribution in [0.25, 0.3) is 0 Å². The highest BCUT2D eigenvalue weighted by Crippen LogP contribution is 2.42. The number of nitrogens with zero attached hydrogens (tertiary/aromatic N) is 1. The Labute approximate surface area is 197 Å². The van der Waals surface area contributed by atoms with Crippen LogP contribution < -0.4 is 14.4 Å². The van der Waals surface area contributed by atoms with E-state index in [1.54, 1.807) is 18.2 Å². The van der Waals surface area contributed by atoms with Gasteiger partial charge >= 0.3 is 5.97 Å². The Balaban J connectivity index is 2.17. The molecule has 7 nitrogen and oxygen atoms in total. The summed E-state index contributed by atoms with van der Waals surface area (Å²) in [7, 11) is -3.90. The van der Waals surface area contributed by atoms with E-state index in [9.17, 15) is 17.6 Å². The van der Waals surface area contributed by atoms with Gasteiger partial charge in [-0.05, 0) is 42.5 Å². The number of fused-ring (bicyclic) bond motifs is 1. The molecule has 0 bridgehead atoms. The summed E-state index contributed by atoms with van der Waals surface area (Å²) >= 11 is 1.45. The first kappa shape index (κ1) is 25.1. The molecule has 1 unspecified atom stereocenters. The van der Waals surface area contributed by atoms with Gasteiger partial charge in [0.05, 0.1) is 22.9 Å². The second-order valence-corrected chi connectivity index (χ2v) is 10.5. The Hall–Kier alpha value is -2.56. The number of nitrogens with one attached hydrogen (secondary N) is 1. The molecule has 1 atom stereocenters. The number of unbranched alkanes of at least 4 members (excludes halogenated alkanes) is 1. The molecule has 0 aliphatic carbocycles. The molecule has 0 fully saturated rings. The van der Waals surface area contributed by atoms with Gasteiger partial charge in [0, 0.05) is 24.3 Å². The summed E-state index contributed by atoms with van der Waals surface area (Å²) in [5, 5.41) is 8.85. The van der Waals surface area contributed by atoms with Crippen LogP contribution in [-0.4, -0.2) is 37.8 Å². The van der Waals surface area contributed by atoms with Crippen molar-refractivity contribution in [1.29, 1.82) is 0 Å². The fourth-order valence-corrected chi connectivity index (χ4v) is 5.81. The maximum Gasteiger partial charge on any atom is 0.331 e. The van der Waals surface area contributed by atoms with Crippen molar-refractivity contribution in [1.82, 2.24) is 4.72 Å². The van der Waals surface area contributed by atoms with Gasteiger partial charge in [-0.25, -0.2) is 22.3 Å². The number of halogens is 1. The molecule has 2 N–H and O–H groups in total. The van der Waals surface area contributed by atoms with Crippen LogP contribution >= 0.6 is 11.8 Å². The lowest BCUT2D eigenvalue weighted by Crippen LogP contribution is -2.39. The van der Waals surface area contributed by atoms with Crippen LogP contribution in [0.1, 0.15) is 33.1 Å². The van der Waals surface area contributed by atoms with Crippen molar-refractivity contribution in [2.45, 2.75) is 48.9 Å². The summed E-state index contributed by atoms with van der Waals surface area (Å²) in [6.45, 7) is 4.37. The zero-order valence-electron chi connectivity index (χ0n) is 18.5. The number of hydrogen-bond acceptors (Lipinski definition) is 6. The summed E-state index contributed by atoms with van der Waals surface area (Å²) < 4.78 is 48.6. The average molecular weight is 495 g/mol. The highest BCUT2D eigenvalue weighted by atomic mass is 32.2. The van der Waals surface area contributed by atoms with Gasteiger partial charge in [-0.2, -0.15) is 0 Å². The van der Waals surface area contributed by atoms with E-state index in [-0.39, 0.29) is 22.5 Å². The zero-order chi connectivity index (χ0) is 24.0. The fourth-order valence-electron chi connectivity index (χ4n) is 3.59. The van der Waals surface area contributed by atoms with Crippen molar-refractivity contribution in [2.75, 3.05) is 17.2 Å². The van der Waals surface area contributed by atoms with E-state index in [0.717, 1.165) is 25.2 Å². The molecule has 0 saturated heterocycles. The number of thioether (sulfide) groups is 1. The molecule has 3 rings (SSSR count). The Morgan fingerprint density at radius 2 is 2.03 bits per heavy atom. The average Bonchev–Trinajstić information content (AvgIpc) is 2.86. The lowest BCUT2D eigenvalue weighted by molar-refractivity contribution is -0.131. The topological polar surface area (TPSA) is 95.9 Å². The third-order valence-electron chi connectivity index (χ3n) is 5.08. The number of carboxylic acids is 1. The van der Waals surface area contributed by atoms with E-state index in [4.69, 9.17) is 9.84 Å². The van der Waals surface area contributed by atoms with Gasteiger partial charge in [-0.3, -0.25) is 0 Å². The van der Waals surface area contributed by atoms with Crippen molar-refractivity contribution < 1.29 is 27.4 Å². The highest BCUT2D eigenvalue weighted by molar-refractivity contribution is 7.99. The monoisotopic (exact) mass is 494 g/mol. The number of aliphatic carboxylic acids is 1. The van der Waals surface area contributed by atoms with E-state index in [2.05, 4.69) is 4.72 Å². The molecular weight excluding hydrogens is 467 g/mol. The van der Waals surface area contributed by atoms with Crippen molar-refractivity contribution in [3.05, 3.63) is 54.6 Å². The van der Waals surface area contributed by atoms with Crippen LogP contribution in [-0.2, 0) is 14.8 Å². The van der Waals surface area contributed by atoms with Gasteiger partial charge in [0.25, 0.3) is 0 Å². The summed E-state index contributed by atoms with van der Waals surface area (Å²) in [5.41, 5.74) is 1.13. The quantitative estimate of drug-likeness (QED) is 0.291. The van der Waals surface area contributed by atoms with E-state index in [1.807, 2.05) is 18.7 Å². The van der Waals surface area contributed by atoms with Crippen molar-refractivity contribution in [2.24, 2.45) is 0 Å². The molecule has 10 heteroatoms. The number of carbonyl (C=O) groups is 1. The molecule has 0 amide bonds. The molecule has 0 saturated carbocycles. The first-order valence-electron chi connectivity index (χ1n) is 10.7. The summed E-state index contributed by atoms with van der Waals surface area (Å²) in [6, 6.07) is 8.75. The highest BCUT2D eigenvalue weighted by Gasteiger charge is 2.33. The molecule has 178 valence electrons. The number of ether oxygens (including phenoxy) is 1. The third-order valence-corrected chi connectivity index (χ3v) is 7.55. The summed E-state index contributed by atoms with van der Waals surface area (Å²) in [6.07, 6.45) is 4.29. The second kappa shape index (κ2) is 11.0. The van der Waals surface area contributed by atoms with Crippen LogP contribution in [0, 0.1) is 5.82 Å². The van der Waals surface area contributed by atoms with Crippen molar-refractivity contribution in [3.63, 3.8) is 0 Å². The van der Waals surface area contributed by atoms with E-state index in [0.29, 0.717) is 35.0 Å². The molecule has 1 heterocycles. The SMILES string of the molecule is CCCCC1CN(c2ccc(F)cc2)c2cc(SCC)c(OC=CC(=O)O)cc2S(=O)(=O)N1. The lowest BCUT2D eigenvalue weighted by Gasteiger charge is -2.27. The number of rotatable bonds is 9. The number of sulfonamides is 1. The van der Waals surface area contributed by atoms with Gasteiger partial charge in [0.2, 0.25) is 10.0 Å².